The summed E-state index contributed by atoms with van der Waals surface area (Å²) < 4.78 is 7.29. The van der Waals surface area contributed by atoms with Gasteiger partial charge in [-0.15, -0.1) is 10.2 Å². The molecular weight excluding hydrogens is 352 g/mol. The van der Waals surface area contributed by atoms with Gasteiger partial charge in [-0.2, -0.15) is 0 Å². The molecule has 1 heterocycles. The minimum atomic E-state index is 0.647. The predicted molar refractivity (Wildman–Crippen MR) is 114 cm³/mol. The summed E-state index contributed by atoms with van der Waals surface area (Å²) in [6.07, 6.45) is 4.68. The van der Waals surface area contributed by atoms with Crippen LogP contribution in [0.3, 0.4) is 0 Å². The molecule has 0 aliphatic heterocycles. The Bertz CT molecular complexity index is 708. The maximum Gasteiger partial charge on any atom is 0.191 e. The number of guanidine groups is 1. The molecule has 1 aromatic heterocycles. The van der Waals surface area contributed by atoms with Gasteiger partial charge in [-0.05, 0) is 36.5 Å². The summed E-state index contributed by atoms with van der Waals surface area (Å²) in [6, 6.07) is 8.19. The van der Waals surface area contributed by atoms with Gasteiger partial charge >= 0.3 is 0 Å². The summed E-state index contributed by atoms with van der Waals surface area (Å²) in [4.78, 5) is 4.72. The molecule has 0 radical (unpaired) electrons. The van der Waals surface area contributed by atoms with Gasteiger partial charge in [0, 0.05) is 32.6 Å². The average Bonchev–Trinajstić information content (AvgIpc) is 3.15. The molecule has 0 unspecified atom stereocenters. The first-order chi connectivity index (χ1) is 13.6. The average molecular weight is 387 g/mol. The van der Waals surface area contributed by atoms with Crippen molar-refractivity contribution in [1.82, 2.24) is 25.4 Å². The van der Waals surface area contributed by atoms with Crippen LogP contribution >= 0.6 is 0 Å². The zero-order chi connectivity index (χ0) is 20.2. The summed E-state index contributed by atoms with van der Waals surface area (Å²) in [5, 5.41) is 15.0. The van der Waals surface area contributed by atoms with Crippen LogP contribution in [0.5, 0.6) is 5.75 Å². The van der Waals surface area contributed by atoms with Gasteiger partial charge in [-0.25, -0.2) is 0 Å². The molecule has 0 amide bonds. The van der Waals surface area contributed by atoms with Gasteiger partial charge in [-0.3, -0.25) is 4.99 Å². The predicted octanol–water partition coefficient (Wildman–Crippen LogP) is 2.67. The molecule has 7 nitrogen and oxygen atoms in total. The van der Waals surface area contributed by atoms with E-state index >= 15 is 0 Å². The van der Waals surface area contributed by atoms with E-state index in [1.807, 2.05) is 12.1 Å². The van der Waals surface area contributed by atoms with Crippen molar-refractivity contribution < 1.29 is 4.74 Å². The zero-order valence-corrected chi connectivity index (χ0v) is 17.6. The Balaban J connectivity index is 1.83. The lowest BCUT2D eigenvalue weighted by molar-refractivity contribution is 0.414. The zero-order valence-electron chi connectivity index (χ0n) is 17.6. The Morgan fingerprint density at radius 3 is 2.61 bits per heavy atom. The molecule has 0 spiro atoms. The third kappa shape index (κ3) is 7.58. The van der Waals surface area contributed by atoms with Crippen molar-refractivity contribution in [3.8, 4) is 5.75 Å². The number of hydrogen-bond acceptors (Lipinski definition) is 4. The van der Waals surface area contributed by atoms with Gasteiger partial charge in [0.2, 0.25) is 0 Å². The first-order valence-electron chi connectivity index (χ1n) is 10.1. The first-order valence-corrected chi connectivity index (χ1v) is 10.1. The van der Waals surface area contributed by atoms with E-state index in [1.54, 1.807) is 13.4 Å². The molecule has 0 bridgehead atoms. The van der Waals surface area contributed by atoms with Gasteiger partial charge in [0.15, 0.2) is 5.96 Å². The largest absolute Gasteiger partial charge is 0.497 e. The number of benzene rings is 1. The van der Waals surface area contributed by atoms with E-state index in [0.717, 1.165) is 63.0 Å². The fraction of sp³-hybridized carbons (Fsp3) is 0.571. The molecular formula is C21H34N6O. The molecule has 0 fully saturated rings. The minimum absolute atomic E-state index is 0.647. The van der Waals surface area contributed by atoms with Crippen LogP contribution in [-0.4, -0.2) is 47.5 Å². The molecule has 28 heavy (non-hydrogen) atoms. The highest BCUT2D eigenvalue weighted by atomic mass is 16.5. The molecule has 154 valence electrons. The van der Waals surface area contributed by atoms with E-state index in [1.165, 1.54) is 5.56 Å². The van der Waals surface area contributed by atoms with Crippen LogP contribution in [0, 0.1) is 5.92 Å². The van der Waals surface area contributed by atoms with E-state index in [9.17, 15) is 0 Å². The lowest BCUT2D eigenvalue weighted by Gasteiger charge is -2.14. The van der Waals surface area contributed by atoms with Crippen LogP contribution in [0.15, 0.2) is 35.6 Å². The number of hydrogen-bond donors (Lipinski definition) is 2. The van der Waals surface area contributed by atoms with Crippen LogP contribution in [-0.2, 0) is 19.4 Å². The van der Waals surface area contributed by atoms with Gasteiger partial charge < -0.3 is 19.9 Å². The SMILES string of the molecule is CCc1nncn1CCNC(=NCCC(C)C)NCCc1ccc(OC)cc1. The summed E-state index contributed by atoms with van der Waals surface area (Å²) in [5.74, 6) is 3.40. The van der Waals surface area contributed by atoms with Gasteiger partial charge in [0.05, 0.1) is 7.11 Å². The normalized spacial score (nSPS) is 11.7. The van der Waals surface area contributed by atoms with Crippen LogP contribution in [0.4, 0.5) is 0 Å². The molecule has 2 rings (SSSR count). The van der Waals surface area contributed by atoms with E-state index in [2.05, 4.69) is 58.3 Å². The first kappa shape index (κ1) is 21.7. The molecule has 0 saturated heterocycles. The molecule has 1 aromatic carbocycles. The number of rotatable bonds is 11. The van der Waals surface area contributed by atoms with E-state index in [0.29, 0.717) is 5.92 Å². The fourth-order valence-electron chi connectivity index (χ4n) is 2.76. The lowest BCUT2D eigenvalue weighted by atomic mass is 10.1. The number of nitrogens with one attached hydrogen (secondary N) is 2. The van der Waals surface area contributed by atoms with Gasteiger partial charge in [0.25, 0.3) is 0 Å². The third-order valence-corrected chi connectivity index (χ3v) is 4.50. The third-order valence-electron chi connectivity index (χ3n) is 4.50. The quantitative estimate of drug-likeness (QED) is 0.459. The minimum Gasteiger partial charge on any atom is -0.497 e. The Morgan fingerprint density at radius 2 is 1.93 bits per heavy atom. The second-order valence-corrected chi connectivity index (χ2v) is 7.16. The summed E-state index contributed by atoms with van der Waals surface area (Å²) in [6.45, 7) is 9.78. The number of aryl methyl sites for hydroxylation is 1. The van der Waals surface area contributed by atoms with E-state index in [-0.39, 0.29) is 0 Å². The highest BCUT2D eigenvalue weighted by Gasteiger charge is 2.03. The highest BCUT2D eigenvalue weighted by Crippen LogP contribution is 2.11. The molecule has 7 heteroatoms. The van der Waals surface area contributed by atoms with Crippen molar-refractivity contribution >= 4 is 5.96 Å². The molecule has 0 aliphatic rings. The van der Waals surface area contributed by atoms with Crippen molar-refractivity contribution in [2.45, 2.75) is 46.6 Å². The van der Waals surface area contributed by atoms with Crippen LogP contribution in [0.2, 0.25) is 0 Å². The Morgan fingerprint density at radius 1 is 1.18 bits per heavy atom. The van der Waals surface area contributed by atoms with Crippen LogP contribution in [0.25, 0.3) is 0 Å². The monoisotopic (exact) mass is 386 g/mol. The fourth-order valence-corrected chi connectivity index (χ4v) is 2.76. The standard InChI is InChI=1S/C21H34N6O/c1-5-20-26-25-16-27(20)15-14-24-21(22-12-10-17(2)3)23-13-11-18-6-8-19(28-4)9-7-18/h6-9,16-17H,5,10-15H2,1-4H3,(H2,22,23,24). The van der Waals surface area contributed by atoms with Crippen molar-refractivity contribution in [3.63, 3.8) is 0 Å². The summed E-state index contributed by atoms with van der Waals surface area (Å²) in [5.41, 5.74) is 1.27. The molecule has 2 N–H and O–H groups in total. The maximum atomic E-state index is 5.21. The van der Waals surface area contributed by atoms with Crippen LogP contribution in [0.1, 0.15) is 38.6 Å². The topological polar surface area (TPSA) is 76.4 Å². The number of aromatic nitrogens is 3. The van der Waals surface area contributed by atoms with E-state index < -0.39 is 0 Å². The second-order valence-electron chi connectivity index (χ2n) is 7.16. The van der Waals surface area contributed by atoms with E-state index in [4.69, 9.17) is 9.73 Å². The highest BCUT2D eigenvalue weighted by molar-refractivity contribution is 5.79. The number of ether oxygens (including phenoxy) is 1. The Labute approximate surface area is 168 Å². The second kappa shape index (κ2) is 12.0. The van der Waals surface area contributed by atoms with Crippen molar-refractivity contribution in [2.24, 2.45) is 10.9 Å². The van der Waals surface area contributed by atoms with Gasteiger partial charge in [0.1, 0.15) is 17.9 Å². The Kier molecular flexibility index (Phi) is 9.31. The molecule has 0 atom stereocenters. The van der Waals surface area contributed by atoms with Gasteiger partial charge in [-0.1, -0.05) is 32.9 Å². The van der Waals surface area contributed by atoms with Crippen molar-refractivity contribution in [3.05, 3.63) is 42.0 Å². The molecule has 2 aromatic rings. The Hall–Kier alpha value is -2.57. The van der Waals surface area contributed by atoms with Crippen molar-refractivity contribution in [2.75, 3.05) is 26.7 Å². The number of aliphatic imine (C=N–C) groups is 1. The molecule has 0 aliphatic carbocycles. The maximum absolute atomic E-state index is 5.21. The number of nitrogens with zero attached hydrogens (tertiary/aromatic N) is 4. The smallest absolute Gasteiger partial charge is 0.191 e. The summed E-state index contributed by atoms with van der Waals surface area (Å²) >= 11 is 0. The number of methoxy groups -OCH3 is 1. The summed E-state index contributed by atoms with van der Waals surface area (Å²) in [7, 11) is 1.69. The lowest BCUT2D eigenvalue weighted by Crippen LogP contribution is -2.40. The molecule has 0 saturated carbocycles. The van der Waals surface area contributed by atoms with Crippen LogP contribution < -0.4 is 15.4 Å². The van der Waals surface area contributed by atoms with Crippen molar-refractivity contribution in [1.29, 1.82) is 0 Å².